The maximum Gasteiger partial charge on any atom is 0.127 e. The van der Waals surface area contributed by atoms with Crippen molar-refractivity contribution in [3.05, 3.63) is 35.4 Å². The van der Waals surface area contributed by atoms with E-state index in [9.17, 15) is 0 Å². The SMILES string of the molecule is COc1cc2c(cc1-c1cc3c(cc1OC)[C@@H](C)C(C)(C)O3)OC(C)(C)C2C. The van der Waals surface area contributed by atoms with Crippen LogP contribution in [-0.4, -0.2) is 25.4 Å². The first-order valence-electron chi connectivity index (χ1n) is 9.91. The van der Waals surface area contributed by atoms with E-state index in [2.05, 4.69) is 65.8 Å². The molecule has 0 amide bonds. The molecule has 2 aromatic rings. The molecule has 2 atom stereocenters. The molecule has 28 heavy (non-hydrogen) atoms. The number of ether oxygens (including phenoxy) is 4. The minimum absolute atomic E-state index is 0.240. The Bertz CT molecular complexity index is 865. The van der Waals surface area contributed by atoms with Crippen LogP contribution in [0.2, 0.25) is 0 Å². The molecule has 1 unspecified atom stereocenters. The van der Waals surface area contributed by atoms with Gasteiger partial charge in [-0.15, -0.1) is 0 Å². The minimum Gasteiger partial charge on any atom is -0.496 e. The van der Waals surface area contributed by atoms with Crippen LogP contribution in [0.25, 0.3) is 11.1 Å². The smallest absolute Gasteiger partial charge is 0.127 e. The number of hydrogen-bond donors (Lipinski definition) is 0. The van der Waals surface area contributed by atoms with Crippen molar-refractivity contribution in [2.75, 3.05) is 14.2 Å². The van der Waals surface area contributed by atoms with E-state index in [1.807, 2.05) is 0 Å². The fourth-order valence-corrected chi connectivity index (χ4v) is 4.26. The van der Waals surface area contributed by atoms with Gasteiger partial charge in [0, 0.05) is 34.1 Å². The van der Waals surface area contributed by atoms with Crippen LogP contribution in [0.5, 0.6) is 23.0 Å². The Morgan fingerprint density at radius 3 is 1.36 bits per heavy atom. The summed E-state index contributed by atoms with van der Waals surface area (Å²) in [4.78, 5) is 0. The van der Waals surface area contributed by atoms with Gasteiger partial charge in [-0.25, -0.2) is 0 Å². The fourth-order valence-electron chi connectivity index (χ4n) is 4.26. The van der Waals surface area contributed by atoms with E-state index in [-0.39, 0.29) is 23.0 Å². The summed E-state index contributed by atoms with van der Waals surface area (Å²) < 4.78 is 24.1. The molecule has 2 aliphatic heterocycles. The summed E-state index contributed by atoms with van der Waals surface area (Å²) in [5, 5.41) is 0. The van der Waals surface area contributed by atoms with E-state index in [1.54, 1.807) is 14.2 Å². The lowest BCUT2D eigenvalue weighted by atomic mass is 9.86. The zero-order valence-electron chi connectivity index (χ0n) is 18.1. The molecule has 0 aliphatic carbocycles. The highest BCUT2D eigenvalue weighted by Crippen LogP contribution is 2.53. The van der Waals surface area contributed by atoms with Gasteiger partial charge in [0.05, 0.1) is 14.2 Å². The monoisotopic (exact) mass is 382 g/mol. The quantitative estimate of drug-likeness (QED) is 0.660. The second-order valence-electron chi connectivity index (χ2n) is 9.04. The third kappa shape index (κ3) is 2.65. The largest absolute Gasteiger partial charge is 0.496 e. The topological polar surface area (TPSA) is 36.9 Å². The molecule has 2 aliphatic rings. The Labute approximate surface area is 167 Å². The predicted molar refractivity (Wildman–Crippen MR) is 111 cm³/mol. The van der Waals surface area contributed by atoms with Gasteiger partial charge in [-0.3, -0.25) is 0 Å². The Morgan fingerprint density at radius 1 is 0.679 bits per heavy atom. The summed E-state index contributed by atoms with van der Waals surface area (Å²) in [6.45, 7) is 12.9. The van der Waals surface area contributed by atoms with Crippen molar-refractivity contribution in [3.8, 4) is 34.1 Å². The van der Waals surface area contributed by atoms with Crippen LogP contribution < -0.4 is 18.9 Å². The molecule has 4 rings (SSSR count). The van der Waals surface area contributed by atoms with Gasteiger partial charge in [-0.05, 0) is 52.0 Å². The summed E-state index contributed by atoms with van der Waals surface area (Å²) in [5.74, 6) is 4.02. The van der Waals surface area contributed by atoms with E-state index < -0.39 is 0 Å². The van der Waals surface area contributed by atoms with Crippen molar-refractivity contribution in [2.45, 2.75) is 64.6 Å². The zero-order chi connectivity index (χ0) is 20.4. The van der Waals surface area contributed by atoms with Crippen molar-refractivity contribution in [3.63, 3.8) is 0 Å². The predicted octanol–water partition coefficient (Wildman–Crippen LogP) is 5.92. The molecule has 0 N–H and O–H groups in total. The fraction of sp³-hybridized carbons (Fsp3) is 0.500. The molecule has 0 saturated carbocycles. The summed E-state index contributed by atoms with van der Waals surface area (Å²) >= 11 is 0. The van der Waals surface area contributed by atoms with Crippen LogP contribution in [0.4, 0.5) is 0 Å². The van der Waals surface area contributed by atoms with Crippen LogP contribution in [-0.2, 0) is 0 Å². The third-order valence-electron chi connectivity index (χ3n) is 6.72. The van der Waals surface area contributed by atoms with Gasteiger partial charge < -0.3 is 18.9 Å². The van der Waals surface area contributed by atoms with Gasteiger partial charge in [-0.1, -0.05) is 13.8 Å². The summed E-state index contributed by atoms with van der Waals surface area (Å²) in [6, 6.07) is 8.36. The molecule has 0 aromatic heterocycles. The molecule has 0 spiro atoms. The molecule has 0 fully saturated rings. The molecule has 2 heterocycles. The highest BCUT2D eigenvalue weighted by Gasteiger charge is 2.41. The lowest BCUT2D eigenvalue weighted by Crippen LogP contribution is -2.28. The third-order valence-corrected chi connectivity index (χ3v) is 6.72. The van der Waals surface area contributed by atoms with Crippen molar-refractivity contribution in [2.24, 2.45) is 0 Å². The van der Waals surface area contributed by atoms with Crippen LogP contribution in [0, 0.1) is 0 Å². The van der Waals surface area contributed by atoms with Gasteiger partial charge in [0.2, 0.25) is 0 Å². The van der Waals surface area contributed by atoms with Gasteiger partial charge in [0.1, 0.15) is 34.2 Å². The Kier molecular flexibility index (Phi) is 4.11. The van der Waals surface area contributed by atoms with Gasteiger partial charge in [-0.2, -0.15) is 0 Å². The second-order valence-corrected chi connectivity index (χ2v) is 9.04. The van der Waals surface area contributed by atoms with Crippen LogP contribution in [0.15, 0.2) is 24.3 Å². The van der Waals surface area contributed by atoms with E-state index in [0.29, 0.717) is 0 Å². The maximum atomic E-state index is 6.26. The second kappa shape index (κ2) is 6.07. The molecule has 2 aromatic carbocycles. The van der Waals surface area contributed by atoms with Gasteiger partial charge >= 0.3 is 0 Å². The first-order chi connectivity index (χ1) is 13.1. The average molecular weight is 383 g/mol. The number of benzene rings is 2. The van der Waals surface area contributed by atoms with E-state index in [1.165, 1.54) is 11.1 Å². The molecule has 4 heteroatoms. The average Bonchev–Trinajstić information content (AvgIpc) is 3.01. The van der Waals surface area contributed by atoms with Gasteiger partial charge in [0.25, 0.3) is 0 Å². The van der Waals surface area contributed by atoms with Crippen molar-refractivity contribution in [1.82, 2.24) is 0 Å². The molecular weight excluding hydrogens is 352 g/mol. The van der Waals surface area contributed by atoms with Crippen LogP contribution >= 0.6 is 0 Å². The Morgan fingerprint density at radius 2 is 1.04 bits per heavy atom. The van der Waals surface area contributed by atoms with Crippen molar-refractivity contribution >= 4 is 0 Å². The maximum absolute atomic E-state index is 6.26. The standard InChI is InChI=1S/C24H30O4/c1-13-15-9-19(25-7)17(11-21(15)27-23(13,3)4)18-12-22-16(10-20(18)26-8)14(2)24(5,6)28-22/h9-14H,1-8H3/t13-,14?/m1/s1. The van der Waals surface area contributed by atoms with Crippen LogP contribution in [0.1, 0.15) is 64.5 Å². The van der Waals surface area contributed by atoms with Crippen molar-refractivity contribution in [1.29, 1.82) is 0 Å². The van der Waals surface area contributed by atoms with E-state index in [4.69, 9.17) is 18.9 Å². The van der Waals surface area contributed by atoms with Crippen LogP contribution in [0.3, 0.4) is 0 Å². The normalized spacial score (nSPS) is 23.4. The number of methoxy groups -OCH3 is 2. The summed E-state index contributed by atoms with van der Waals surface area (Å²) in [5.41, 5.74) is 3.78. The first kappa shape index (κ1) is 19.0. The molecular formula is C24H30O4. The Balaban J connectivity index is 1.90. The van der Waals surface area contributed by atoms with Crippen molar-refractivity contribution < 1.29 is 18.9 Å². The molecule has 0 bridgehead atoms. The molecule has 0 saturated heterocycles. The number of hydrogen-bond acceptors (Lipinski definition) is 4. The summed E-state index contributed by atoms with van der Waals surface area (Å²) in [7, 11) is 3.41. The van der Waals surface area contributed by atoms with E-state index >= 15 is 0 Å². The highest BCUT2D eigenvalue weighted by atomic mass is 16.5. The molecule has 0 radical (unpaired) electrons. The Hall–Kier alpha value is -2.36. The van der Waals surface area contributed by atoms with E-state index in [0.717, 1.165) is 34.1 Å². The minimum atomic E-state index is -0.240. The lowest BCUT2D eigenvalue weighted by molar-refractivity contribution is 0.115. The number of fused-ring (bicyclic) bond motifs is 2. The van der Waals surface area contributed by atoms with Gasteiger partial charge in [0.15, 0.2) is 0 Å². The first-order valence-corrected chi connectivity index (χ1v) is 9.91. The lowest BCUT2D eigenvalue weighted by Gasteiger charge is -2.22. The zero-order valence-corrected chi connectivity index (χ0v) is 18.1. The number of rotatable bonds is 3. The highest BCUT2D eigenvalue weighted by molar-refractivity contribution is 5.80. The molecule has 4 nitrogen and oxygen atoms in total. The molecule has 150 valence electrons. The summed E-state index contributed by atoms with van der Waals surface area (Å²) in [6.07, 6.45) is 0.